The molecular weight excluding hydrogens is 226 g/mol. The van der Waals surface area contributed by atoms with Gasteiger partial charge in [0.25, 0.3) is 0 Å². The molecule has 18 heavy (non-hydrogen) atoms. The summed E-state index contributed by atoms with van der Waals surface area (Å²) in [5.74, 6) is 1.32. The van der Waals surface area contributed by atoms with Gasteiger partial charge in [0.1, 0.15) is 6.04 Å². The van der Waals surface area contributed by atoms with Gasteiger partial charge in [0, 0.05) is 0 Å². The van der Waals surface area contributed by atoms with E-state index in [0.717, 1.165) is 19.0 Å². The summed E-state index contributed by atoms with van der Waals surface area (Å²) in [5, 5.41) is 0. The highest BCUT2D eigenvalue weighted by atomic mass is 16.5. The second kappa shape index (κ2) is 5.20. The van der Waals surface area contributed by atoms with E-state index in [1.54, 1.807) is 0 Å². The van der Waals surface area contributed by atoms with Crippen LogP contribution in [-0.2, 0) is 9.53 Å². The van der Waals surface area contributed by atoms with Crippen molar-refractivity contribution in [2.75, 3.05) is 20.2 Å². The second-order valence-electron chi connectivity index (χ2n) is 6.98. The van der Waals surface area contributed by atoms with Crippen molar-refractivity contribution in [1.82, 2.24) is 4.90 Å². The molecule has 2 aliphatic rings. The second-order valence-corrected chi connectivity index (χ2v) is 6.98. The third kappa shape index (κ3) is 3.05. The summed E-state index contributed by atoms with van der Waals surface area (Å²) in [4.78, 5) is 14.3. The van der Waals surface area contributed by atoms with Crippen molar-refractivity contribution in [2.24, 2.45) is 17.3 Å². The first-order chi connectivity index (χ1) is 8.43. The molecule has 1 unspecified atom stereocenters. The fraction of sp³-hybridized carbons (Fsp3) is 0.933. The van der Waals surface area contributed by atoms with E-state index >= 15 is 0 Å². The molecule has 3 heteroatoms. The Morgan fingerprint density at radius 2 is 1.72 bits per heavy atom. The van der Waals surface area contributed by atoms with Gasteiger partial charge in [-0.1, -0.05) is 20.8 Å². The highest BCUT2D eigenvalue weighted by Gasteiger charge is 2.42. The average molecular weight is 253 g/mol. The first-order valence-electron chi connectivity index (χ1n) is 7.25. The van der Waals surface area contributed by atoms with Crippen LogP contribution < -0.4 is 0 Å². The Labute approximate surface area is 111 Å². The Morgan fingerprint density at radius 3 is 2.11 bits per heavy atom. The lowest BCUT2D eigenvalue weighted by Crippen LogP contribution is -2.48. The van der Waals surface area contributed by atoms with Gasteiger partial charge in [-0.25, -0.2) is 0 Å². The zero-order chi connectivity index (χ0) is 13.3. The number of esters is 1. The summed E-state index contributed by atoms with van der Waals surface area (Å²) in [6, 6.07) is 0.0379. The van der Waals surface area contributed by atoms with Gasteiger partial charge in [-0.05, 0) is 56.0 Å². The van der Waals surface area contributed by atoms with Crippen molar-refractivity contribution in [1.29, 1.82) is 0 Å². The molecule has 0 radical (unpaired) electrons. The van der Waals surface area contributed by atoms with Gasteiger partial charge < -0.3 is 4.74 Å². The number of rotatable bonds is 3. The molecule has 2 fully saturated rings. The van der Waals surface area contributed by atoms with Gasteiger partial charge >= 0.3 is 5.97 Å². The minimum atomic E-state index is -0.0216. The summed E-state index contributed by atoms with van der Waals surface area (Å²) in [7, 11) is 1.51. The summed E-state index contributed by atoms with van der Waals surface area (Å²) in [6.45, 7) is 9.08. The molecule has 0 aromatic heterocycles. The van der Waals surface area contributed by atoms with Crippen LogP contribution in [0, 0.1) is 17.3 Å². The lowest BCUT2D eigenvalue weighted by atomic mass is 9.75. The van der Waals surface area contributed by atoms with E-state index < -0.39 is 0 Å². The van der Waals surface area contributed by atoms with Crippen LogP contribution in [0.15, 0.2) is 0 Å². The molecule has 0 bridgehead atoms. The number of nitrogens with zero attached hydrogens (tertiary/aromatic N) is 1. The molecule has 0 N–H and O–H groups in total. The Morgan fingerprint density at radius 1 is 1.17 bits per heavy atom. The predicted octanol–water partition coefficient (Wildman–Crippen LogP) is 2.70. The molecule has 1 heterocycles. The molecule has 0 spiro atoms. The molecule has 1 atom stereocenters. The molecule has 1 saturated heterocycles. The van der Waals surface area contributed by atoms with Gasteiger partial charge in [0.05, 0.1) is 7.11 Å². The summed E-state index contributed by atoms with van der Waals surface area (Å²) in [6.07, 6.45) is 4.81. The van der Waals surface area contributed by atoms with Crippen molar-refractivity contribution in [3.8, 4) is 0 Å². The lowest BCUT2D eigenvalue weighted by Gasteiger charge is -2.41. The van der Waals surface area contributed by atoms with Gasteiger partial charge in [0.15, 0.2) is 0 Å². The Hall–Kier alpha value is -0.570. The SMILES string of the molecule is COC(=O)C(C1CC1)N1CCC(C(C)(C)C)CC1. The number of hydrogen-bond acceptors (Lipinski definition) is 3. The monoisotopic (exact) mass is 253 g/mol. The first-order valence-corrected chi connectivity index (χ1v) is 7.25. The first kappa shape index (κ1) is 13.9. The van der Waals surface area contributed by atoms with Crippen molar-refractivity contribution in [3.05, 3.63) is 0 Å². The van der Waals surface area contributed by atoms with Crippen LogP contribution in [0.1, 0.15) is 46.5 Å². The van der Waals surface area contributed by atoms with Crippen LogP contribution in [0.3, 0.4) is 0 Å². The third-order valence-electron chi connectivity index (χ3n) is 4.66. The van der Waals surface area contributed by atoms with Crippen LogP contribution in [0.4, 0.5) is 0 Å². The molecule has 104 valence electrons. The lowest BCUT2D eigenvalue weighted by molar-refractivity contribution is -0.148. The number of piperidine rings is 1. The van der Waals surface area contributed by atoms with E-state index in [2.05, 4.69) is 25.7 Å². The smallest absolute Gasteiger partial charge is 0.323 e. The summed E-state index contributed by atoms with van der Waals surface area (Å²) in [5.41, 5.74) is 0.395. The summed E-state index contributed by atoms with van der Waals surface area (Å²) < 4.78 is 4.98. The normalized spacial score (nSPS) is 24.9. The van der Waals surface area contributed by atoms with Gasteiger partial charge in [0.2, 0.25) is 0 Å². The zero-order valence-corrected chi connectivity index (χ0v) is 12.2. The molecule has 1 aliphatic heterocycles. The number of carbonyl (C=O) groups is 1. The highest BCUT2D eigenvalue weighted by molar-refractivity contribution is 5.76. The minimum absolute atomic E-state index is 0.0216. The fourth-order valence-corrected chi connectivity index (χ4v) is 3.22. The molecular formula is C15H27NO2. The molecule has 1 saturated carbocycles. The van der Waals surface area contributed by atoms with Gasteiger partial charge in [-0.15, -0.1) is 0 Å². The van der Waals surface area contributed by atoms with Crippen LogP contribution in [0.2, 0.25) is 0 Å². The number of methoxy groups -OCH3 is 1. The number of ether oxygens (including phenoxy) is 1. The quantitative estimate of drug-likeness (QED) is 0.724. The zero-order valence-electron chi connectivity index (χ0n) is 12.2. The standard InChI is InChI=1S/C15H27NO2/c1-15(2,3)12-7-9-16(10-8-12)13(11-5-6-11)14(17)18-4/h11-13H,5-10H2,1-4H3. The van der Waals surface area contributed by atoms with Gasteiger partial charge in [-0.3, -0.25) is 9.69 Å². The maximum atomic E-state index is 11.9. The van der Waals surface area contributed by atoms with E-state index in [4.69, 9.17) is 4.74 Å². The summed E-state index contributed by atoms with van der Waals surface area (Å²) >= 11 is 0. The Kier molecular flexibility index (Phi) is 4.00. The van der Waals surface area contributed by atoms with Crippen LogP contribution in [0.5, 0.6) is 0 Å². The Balaban J connectivity index is 1.93. The average Bonchev–Trinajstić information content (AvgIpc) is 3.13. The molecule has 0 aromatic rings. The maximum Gasteiger partial charge on any atom is 0.323 e. The fourth-order valence-electron chi connectivity index (χ4n) is 3.22. The van der Waals surface area contributed by atoms with Gasteiger partial charge in [-0.2, -0.15) is 0 Å². The molecule has 2 rings (SSSR count). The van der Waals surface area contributed by atoms with E-state index in [1.165, 1.54) is 32.8 Å². The van der Waals surface area contributed by atoms with E-state index in [1.807, 2.05) is 0 Å². The highest BCUT2D eigenvalue weighted by Crippen LogP contribution is 2.40. The number of hydrogen-bond donors (Lipinski definition) is 0. The molecule has 1 aliphatic carbocycles. The number of carbonyl (C=O) groups excluding carboxylic acids is 1. The topological polar surface area (TPSA) is 29.5 Å². The van der Waals surface area contributed by atoms with Crippen LogP contribution in [-0.4, -0.2) is 37.1 Å². The third-order valence-corrected chi connectivity index (χ3v) is 4.66. The number of likely N-dealkylation sites (tertiary alicyclic amines) is 1. The van der Waals surface area contributed by atoms with E-state index in [0.29, 0.717) is 11.3 Å². The maximum absolute atomic E-state index is 11.9. The minimum Gasteiger partial charge on any atom is -0.468 e. The van der Waals surface area contributed by atoms with Crippen molar-refractivity contribution in [2.45, 2.75) is 52.5 Å². The Bertz CT molecular complexity index is 296. The van der Waals surface area contributed by atoms with E-state index in [-0.39, 0.29) is 12.0 Å². The molecule has 0 amide bonds. The van der Waals surface area contributed by atoms with Crippen LogP contribution >= 0.6 is 0 Å². The largest absolute Gasteiger partial charge is 0.468 e. The van der Waals surface area contributed by atoms with Crippen LogP contribution in [0.25, 0.3) is 0 Å². The van der Waals surface area contributed by atoms with Crippen molar-refractivity contribution in [3.63, 3.8) is 0 Å². The molecule has 0 aromatic carbocycles. The molecule has 3 nitrogen and oxygen atoms in total. The van der Waals surface area contributed by atoms with Crippen molar-refractivity contribution >= 4 is 5.97 Å². The predicted molar refractivity (Wildman–Crippen MR) is 72.3 cm³/mol. The van der Waals surface area contributed by atoms with E-state index in [9.17, 15) is 4.79 Å². The van der Waals surface area contributed by atoms with Crippen molar-refractivity contribution < 1.29 is 9.53 Å².